The van der Waals surface area contributed by atoms with Gasteiger partial charge in [0.2, 0.25) is 0 Å². The van der Waals surface area contributed by atoms with E-state index in [9.17, 15) is 0 Å². The number of hydrogen-bond acceptors (Lipinski definition) is 4. The number of hydrogen-bond donors (Lipinski definition) is 0. The van der Waals surface area contributed by atoms with Crippen LogP contribution in [0.3, 0.4) is 0 Å². The van der Waals surface area contributed by atoms with Crippen molar-refractivity contribution in [3.63, 3.8) is 0 Å². The summed E-state index contributed by atoms with van der Waals surface area (Å²) in [6.07, 6.45) is 3.43. The highest BCUT2D eigenvalue weighted by Gasteiger charge is 2.15. The van der Waals surface area contributed by atoms with E-state index in [0.29, 0.717) is 16.5 Å². The van der Waals surface area contributed by atoms with Crippen LogP contribution in [-0.2, 0) is 0 Å². The molecule has 0 radical (unpaired) electrons. The molecule has 0 atom stereocenters. The van der Waals surface area contributed by atoms with E-state index < -0.39 is 0 Å². The van der Waals surface area contributed by atoms with Crippen molar-refractivity contribution < 1.29 is 0 Å². The second kappa shape index (κ2) is 5.89. The van der Waals surface area contributed by atoms with Crippen LogP contribution in [0.4, 0.5) is 0 Å². The van der Waals surface area contributed by atoms with Gasteiger partial charge in [-0.15, -0.1) is 5.10 Å². The van der Waals surface area contributed by atoms with Crippen LogP contribution in [0, 0.1) is 13.8 Å². The Balaban J connectivity index is 1.71. The van der Waals surface area contributed by atoms with Crippen LogP contribution in [0.25, 0.3) is 33.8 Å². The molecular weight excluding hydrogens is 360 g/mol. The molecule has 2 aromatic carbocycles. The zero-order chi connectivity index (χ0) is 18.5. The molecule has 0 spiro atoms. The number of aromatic nitrogens is 6. The van der Waals surface area contributed by atoms with E-state index in [1.165, 1.54) is 11.1 Å². The van der Waals surface area contributed by atoms with Gasteiger partial charge in [0.15, 0.2) is 17.1 Å². The Hall–Kier alpha value is -3.25. The number of nitrogens with zero attached hydrogens (tertiary/aromatic N) is 6. The monoisotopic (exact) mass is 374 g/mol. The quantitative estimate of drug-likeness (QED) is 0.459. The third kappa shape index (κ3) is 2.49. The van der Waals surface area contributed by atoms with Gasteiger partial charge in [0.25, 0.3) is 0 Å². The summed E-state index contributed by atoms with van der Waals surface area (Å²) in [5, 5.41) is 10.5. The first-order valence-electron chi connectivity index (χ1n) is 8.53. The van der Waals surface area contributed by atoms with Gasteiger partial charge in [-0.05, 0) is 49.2 Å². The fraction of sp³-hybridized carbons (Fsp3) is 0.100. The Labute approximate surface area is 160 Å². The van der Waals surface area contributed by atoms with Gasteiger partial charge in [-0.25, -0.2) is 19.2 Å². The zero-order valence-corrected chi connectivity index (χ0v) is 15.5. The van der Waals surface area contributed by atoms with E-state index in [4.69, 9.17) is 11.6 Å². The Morgan fingerprint density at radius 1 is 0.963 bits per heavy atom. The Morgan fingerprint density at radius 3 is 2.63 bits per heavy atom. The van der Waals surface area contributed by atoms with Crippen molar-refractivity contribution in [1.29, 1.82) is 0 Å². The van der Waals surface area contributed by atoms with Crippen molar-refractivity contribution >= 4 is 28.3 Å². The lowest BCUT2D eigenvalue weighted by molar-refractivity contribution is 0.881. The van der Waals surface area contributed by atoms with Gasteiger partial charge in [0.1, 0.15) is 6.33 Å². The number of aryl methyl sites for hydroxylation is 2. The topological polar surface area (TPSA) is 60.9 Å². The van der Waals surface area contributed by atoms with Crippen molar-refractivity contribution in [3.05, 3.63) is 71.1 Å². The van der Waals surface area contributed by atoms with E-state index in [-0.39, 0.29) is 0 Å². The maximum atomic E-state index is 6.29. The van der Waals surface area contributed by atoms with Crippen molar-refractivity contribution in [3.8, 4) is 17.1 Å². The minimum absolute atomic E-state index is 0.564. The number of halogens is 1. The van der Waals surface area contributed by atoms with Gasteiger partial charge < -0.3 is 0 Å². The predicted molar refractivity (Wildman–Crippen MR) is 105 cm³/mol. The molecule has 0 saturated heterocycles. The molecule has 3 aromatic heterocycles. The lowest BCUT2D eigenvalue weighted by Gasteiger charge is -2.06. The maximum Gasteiger partial charge on any atom is 0.183 e. The Kier molecular flexibility index (Phi) is 3.48. The molecule has 0 bridgehead atoms. The van der Waals surface area contributed by atoms with Crippen LogP contribution in [0.15, 0.2) is 55.0 Å². The lowest BCUT2D eigenvalue weighted by atomic mass is 10.1. The SMILES string of the molecule is Cc1ccc(-n2ncc3c2ncn2nc(-c4ccccc4Cl)nc32)cc1C. The summed E-state index contributed by atoms with van der Waals surface area (Å²) in [6, 6.07) is 13.8. The van der Waals surface area contributed by atoms with Gasteiger partial charge in [-0.2, -0.15) is 5.10 Å². The largest absolute Gasteiger partial charge is 0.216 e. The molecular formula is C20H15ClN6. The van der Waals surface area contributed by atoms with Gasteiger partial charge in [0, 0.05) is 5.56 Å². The summed E-state index contributed by atoms with van der Waals surface area (Å²) < 4.78 is 3.49. The smallest absolute Gasteiger partial charge is 0.183 e. The van der Waals surface area contributed by atoms with Gasteiger partial charge in [0.05, 0.1) is 22.3 Å². The van der Waals surface area contributed by atoms with Crippen LogP contribution in [-0.4, -0.2) is 29.4 Å². The molecule has 132 valence electrons. The standard InChI is InChI=1S/C20H15ClN6/c1-12-7-8-14(9-13(12)2)27-19-16(10-23-27)20-24-18(25-26(20)11-22-19)15-5-3-4-6-17(15)21/h3-11H,1-2H3. The fourth-order valence-corrected chi connectivity index (χ4v) is 3.34. The molecule has 7 heteroatoms. The fourth-order valence-electron chi connectivity index (χ4n) is 3.12. The molecule has 27 heavy (non-hydrogen) atoms. The lowest BCUT2D eigenvalue weighted by Crippen LogP contribution is -1.99. The molecule has 3 heterocycles. The van der Waals surface area contributed by atoms with Crippen LogP contribution >= 0.6 is 11.6 Å². The number of benzene rings is 2. The van der Waals surface area contributed by atoms with Crippen molar-refractivity contribution in [2.75, 3.05) is 0 Å². The molecule has 0 unspecified atom stereocenters. The Morgan fingerprint density at radius 2 is 1.81 bits per heavy atom. The summed E-state index contributed by atoms with van der Waals surface area (Å²) >= 11 is 6.29. The highest BCUT2D eigenvalue weighted by Crippen LogP contribution is 2.27. The van der Waals surface area contributed by atoms with E-state index in [1.54, 1.807) is 17.0 Å². The second-order valence-corrected chi connectivity index (χ2v) is 6.90. The van der Waals surface area contributed by atoms with E-state index >= 15 is 0 Å². The van der Waals surface area contributed by atoms with Crippen molar-refractivity contribution in [2.45, 2.75) is 13.8 Å². The third-order valence-corrected chi connectivity index (χ3v) is 5.08. The summed E-state index contributed by atoms with van der Waals surface area (Å²) in [5.74, 6) is 0.564. The van der Waals surface area contributed by atoms with E-state index in [0.717, 1.165) is 22.3 Å². The first-order valence-corrected chi connectivity index (χ1v) is 8.91. The molecule has 0 aliphatic carbocycles. The molecule has 0 amide bonds. The van der Waals surface area contributed by atoms with Crippen LogP contribution in [0.2, 0.25) is 5.02 Å². The molecule has 0 fully saturated rings. The van der Waals surface area contributed by atoms with E-state index in [2.05, 4.69) is 46.1 Å². The molecule has 0 aliphatic rings. The molecule has 0 aliphatic heterocycles. The minimum atomic E-state index is 0.564. The van der Waals surface area contributed by atoms with E-state index in [1.807, 2.05) is 35.0 Å². The van der Waals surface area contributed by atoms with Crippen LogP contribution < -0.4 is 0 Å². The zero-order valence-electron chi connectivity index (χ0n) is 14.8. The normalized spacial score (nSPS) is 11.5. The molecule has 0 N–H and O–H groups in total. The molecule has 6 nitrogen and oxygen atoms in total. The summed E-state index contributed by atoms with van der Waals surface area (Å²) in [7, 11) is 0. The van der Waals surface area contributed by atoms with Crippen LogP contribution in [0.1, 0.15) is 11.1 Å². The highest BCUT2D eigenvalue weighted by molar-refractivity contribution is 6.33. The van der Waals surface area contributed by atoms with Gasteiger partial charge in [-0.3, -0.25) is 0 Å². The first-order chi connectivity index (χ1) is 13.1. The number of fused-ring (bicyclic) bond motifs is 3. The average molecular weight is 375 g/mol. The summed E-state index contributed by atoms with van der Waals surface area (Å²) in [5.41, 5.74) is 5.65. The van der Waals surface area contributed by atoms with Crippen molar-refractivity contribution in [2.24, 2.45) is 0 Å². The average Bonchev–Trinajstić information content (AvgIpc) is 3.28. The molecule has 5 rings (SSSR count). The molecule has 0 saturated carbocycles. The van der Waals surface area contributed by atoms with Crippen LogP contribution in [0.5, 0.6) is 0 Å². The minimum Gasteiger partial charge on any atom is -0.216 e. The second-order valence-electron chi connectivity index (χ2n) is 6.49. The predicted octanol–water partition coefficient (Wildman–Crippen LogP) is 4.40. The highest BCUT2D eigenvalue weighted by atomic mass is 35.5. The van der Waals surface area contributed by atoms with Gasteiger partial charge >= 0.3 is 0 Å². The third-order valence-electron chi connectivity index (χ3n) is 4.76. The van der Waals surface area contributed by atoms with Gasteiger partial charge in [-0.1, -0.05) is 29.8 Å². The number of rotatable bonds is 2. The summed E-state index contributed by atoms with van der Waals surface area (Å²) in [6.45, 7) is 4.18. The maximum absolute atomic E-state index is 6.29. The van der Waals surface area contributed by atoms with Crippen molar-refractivity contribution in [1.82, 2.24) is 29.4 Å². The summed E-state index contributed by atoms with van der Waals surface area (Å²) in [4.78, 5) is 9.24. The Bertz CT molecular complexity index is 1320. The first kappa shape index (κ1) is 16.0. The molecule has 5 aromatic rings.